The lowest BCUT2D eigenvalue weighted by Gasteiger charge is -2.18. The van der Waals surface area contributed by atoms with E-state index >= 15 is 0 Å². The van der Waals surface area contributed by atoms with E-state index in [9.17, 15) is 8.42 Å². The summed E-state index contributed by atoms with van der Waals surface area (Å²) < 4.78 is 37.9. The van der Waals surface area contributed by atoms with E-state index < -0.39 is 10.0 Å². The van der Waals surface area contributed by atoms with Crippen LogP contribution in [-0.2, 0) is 10.0 Å². The van der Waals surface area contributed by atoms with E-state index in [1.54, 1.807) is 18.3 Å². The summed E-state index contributed by atoms with van der Waals surface area (Å²) in [4.78, 5) is 6.36. The summed E-state index contributed by atoms with van der Waals surface area (Å²) in [5.74, 6) is 1.06. The fourth-order valence-corrected chi connectivity index (χ4v) is 3.40. The van der Waals surface area contributed by atoms with E-state index in [0.29, 0.717) is 11.5 Å². The average Bonchev–Trinajstić information content (AvgIpc) is 2.65. The molecule has 2 aromatic rings. The van der Waals surface area contributed by atoms with Crippen LogP contribution in [0.5, 0.6) is 11.5 Å². The Labute approximate surface area is 155 Å². The first kappa shape index (κ1) is 19.8. The Kier molecular flexibility index (Phi) is 6.68. The summed E-state index contributed by atoms with van der Waals surface area (Å²) in [7, 11) is 1.16. The van der Waals surface area contributed by atoms with E-state index in [1.807, 2.05) is 13.1 Å². The van der Waals surface area contributed by atoms with Gasteiger partial charge in [0.1, 0.15) is 5.82 Å². The summed E-state index contributed by atoms with van der Waals surface area (Å²) in [5.41, 5.74) is 0.938. The summed E-state index contributed by atoms with van der Waals surface area (Å²) in [5, 5.41) is 0. The Hall–Kier alpha value is -2.48. The molecule has 0 aliphatic carbocycles. The maximum atomic E-state index is 12.6. The van der Waals surface area contributed by atoms with Gasteiger partial charge in [0.25, 0.3) is 10.0 Å². The van der Waals surface area contributed by atoms with Crippen molar-refractivity contribution in [1.29, 1.82) is 0 Å². The Morgan fingerprint density at radius 1 is 1.12 bits per heavy atom. The van der Waals surface area contributed by atoms with Crippen molar-refractivity contribution in [1.82, 2.24) is 4.98 Å². The van der Waals surface area contributed by atoms with Crippen LogP contribution < -0.4 is 19.1 Å². The summed E-state index contributed by atoms with van der Waals surface area (Å²) >= 11 is 0. The number of hydrogen-bond acceptors (Lipinski definition) is 6. The molecule has 0 spiro atoms. The number of rotatable bonds is 9. The smallest absolute Gasteiger partial charge is 0.263 e. The van der Waals surface area contributed by atoms with Gasteiger partial charge in [-0.1, -0.05) is 13.3 Å². The zero-order valence-electron chi connectivity index (χ0n) is 15.5. The molecule has 0 aliphatic rings. The van der Waals surface area contributed by atoms with Gasteiger partial charge in [0, 0.05) is 19.7 Å². The second-order valence-corrected chi connectivity index (χ2v) is 7.48. The molecule has 0 fully saturated rings. The molecule has 0 unspecified atom stereocenters. The van der Waals surface area contributed by atoms with E-state index in [1.165, 1.54) is 26.4 Å². The third-order valence-electron chi connectivity index (χ3n) is 3.94. The van der Waals surface area contributed by atoms with Crippen LogP contribution in [0.1, 0.15) is 19.8 Å². The van der Waals surface area contributed by atoms with Crippen molar-refractivity contribution >= 4 is 21.5 Å². The van der Waals surface area contributed by atoms with Gasteiger partial charge in [0.05, 0.1) is 31.0 Å². The second kappa shape index (κ2) is 8.75. The molecule has 26 heavy (non-hydrogen) atoms. The number of sulfonamides is 1. The van der Waals surface area contributed by atoms with Crippen molar-refractivity contribution in [2.24, 2.45) is 0 Å². The maximum Gasteiger partial charge on any atom is 0.263 e. The molecule has 0 saturated carbocycles. The second-order valence-electron chi connectivity index (χ2n) is 5.80. The Balaban J connectivity index is 2.16. The minimum Gasteiger partial charge on any atom is -0.493 e. The van der Waals surface area contributed by atoms with Crippen molar-refractivity contribution in [3.05, 3.63) is 36.5 Å². The molecular formula is C18H25N3O4S. The minimum atomic E-state index is -3.78. The number of nitrogens with one attached hydrogen (secondary N) is 1. The lowest BCUT2D eigenvalue weighted by atomic mass is 10.3. The number of pyridine rings is 1. The molecule has 0 atom stereocenters. The van der Waals surface area contributed by atoms with Crippen LogP contribution in [0.15, 0.2) is 41.4 Å². The lowest BCUT2D eigenvalue weighted by molar-refractivity contribution is 0.354. The van der Waals surface area contributed by atoms with Gasteiger partial charge in [0.15, 0.2) is 11.5 Å². The first-order chi connectivity index (χ1) is 12.4. The van der Waals surface area contributed by atoms with Gasteiger partial charge in [0.2, 0.25) is 0 Å². The number of unbranched alkanes of at least 4 members (excludes halogenated alkanes) is 1. The zero-order valence-corrected chi connectivity index (χ0v) is 16.3. The minimum absolute atomic E-state index is 0.0705. The molecule has 0 aliphatic heterocycles. The molecule has 142 valence electrons. The Morgan fingerprint density at radius 2 is 1.85 bits per heavy atom. The Morgan fingerprint density at radius 3 is 2.42 bits per heavy atom. The largest absolute Gasteiger partial charge is 0.493 e. The van der Waals surface area contributed by atoms with Crippen LogP contribution in [0.4, 0.5) is 11.5 Å². The lowest BCUT2D eigenvalue weighted by Crippen LogP contribution is -2.19. The molecule has 0 bridgehead atoms. The third-order valence-corrected chi connectivity index (χ3v) is 5.29. The van der Waals surface area contributed by atoms with Crippen molar-refractivity contribution < 1.29 is 17.9 Å². The molecule has 0 radical (unpaired) electrons. The van der Waals surface area contributed by atoms with Crippen LogP contribution in [0, 0.1) is 0 Å². The van der Waals surface area contributed by atoms with Crippen molar-refractivity contribution in [2.75, 3.05) is 37.4 Å². The molecule has 8 heteroatoms. The van der Waals surface area contributed by atoms with Gasteiger partial charge in [-0.15, -0.1) is 0 Å². The highest BCUT2D eigenvalue weighted by molar-refractivity contribution is 7.92. The summed E-state index contributed by atoms with van der Waals surface area (Å²) in [6.07, 6.45) is 3.85. The number of benzene rings is 1. The number of ether oxygens (including phenoxy) is 2. The van der Waals surface area contributed by atoms with Crippen LogP contribution in [0.2, 0.25) is 0 Å². The third kappa shape index (κ3) is 4.78. The number of hydrogen-bond donors (Lipinski definition) is 1. The fraction of sp³-hybridized carbons (Fsp3) is 0.389. The van der Waals surface area contributed by atoms with Crippen LogP contribution in [0.3, 0.4) is 0 Å². The molecule has 1 aromatic heterocycles. The van der Waals surface area contributed by atoms with E-state index in [4.69, 9.17) is 9.47 Å². The van der Waals surface area contributed by atoms with Crippen molar-refractivity contribution in [3.63, 3.8) is 0 Å². The molecule has 1 heterocycles. The fourth-order valence-electron chi connectivity index (χ4n) is 2.38. The maximum absolute atomic E-state index is 12.6. The van der Waals surface area contributed by atoms with Gasteiger partial charge >= 0.3 is 0 Å². The van der Waals surface area contributed by atoms with E-state index in [0.717, 1.165) is 25.1 Å². The van der Waals surface area contributed by atoms with Crippen molar-refractivity contribution in [2.45, 2.75) is 24.7 Å². The number of aromatic nitrogens is 1. The quantitative estimate of drug-likeness (QED) is 0.721. The van der Waals surface area contributed by atoms with E-state index in [-0.39, 0.29) is 10.7 Å². The first-order valence-electron chi connectivity index (χ1n) is 8.33. The highest BCUT2D eigenvalue weighted by Crippen LogP contribution is 2.30. The van der Waals surface area contributed by atoms with Gasteiger partial charge in [-0.25, -0.2) is 13.4 Å². The van der Waals surface area contributed by atoms with Gasteiger partial charge < -0.3 is 14.4 Å². The molecule has 7 nitrogen and oxygen atoms in total. The molecule has 2 rings (SSSR count). The van der Waals surface area contributed by atoms with Gasteiger partial charge in [-0.3, -0.25) is 4.72 Å². The topological polar surface area (TPSA) is 80.8 Å². The predicted molar refractivity (Wildman–Crippen MR) is 103 cm³/mol. The highest BCUT2D eigenvalue weighted by Gasteiger charge is 2.18. The SMILES string of the molecule is CCCCN(C)c1ccc(NS(=O)(=O)c2ccc(OC)c(OC)c2)nc1. The highest BCUT2D eigenvalue weighted by atomic mass is 32.2. The molecule has 1 aromatic carbocycles. The number of anilines is 2. The van der Waals surface area contributed by atoms with Crippen LogP contribution >= 0.6 is 0 Å². The van der Waals surface area contributed by atoms with Crippen LogP contribution in [-0.4, -0.2) is 41.2 Å². The predicted octanol–water partition coefficient (Wildman–Crippen LogP) is 3.14. The monoisotopic (exact) mass is 379 g/mol. The first-order valence-corrected chi connectivity index (χ1v) is 9.81. The van der Waals surface area contributed by atoms with Gasteiger partial charge in [-0.05, 0) is 30.7 Å². The number of nitrogens with zero attached hydrogens (tertiary/aromatic N) is 2. The zero-order chi connectivity index (χ0) is 19.2. The summed E-state index contributed by atoms with van der Waals surface area (Å²) in [6, 6.07) is 7.91. The standard InChI is InChI=1S/C18H25N3O4S/c1-5-6-11-21(2)14-7-10-18(19-13-14)20-26(22,23)15-8-9-16(24-3)17(12-15)25-4/h7-10,12-13H,5-6,11H2,1-4H3,(H,19,20). The number of methoxy groups -OCH3 is 2. The Bertz CT molecular complexity index is 823. The average molecular weight is 379 g/mol. The summed E-state index contributed by atoms with van der Waals surface area (Å²) in [6.45, 7) is 3.06. The molecular weight excluding hydrogens is 354 g/mol. The normalized spacial score (nSPS) is 11.1. The van der Waals surface area contributed by atoms with Crippen LogP contribution in [0.25, 0.3) is 0 Å². The molecule has 0 amide bonds. The molecule has 1 N–H and O–H groups in total. The van der Waals surface area contributed by atoms with Gasteiger partial charge in [-0.2, -0.15) is 0 Å². The van der Waals surface area contributed by atoms with E-state index in [2.05, 4.69) is 21.5 Å². The van der Waals surface area contributed by atoms with Crippen molar-refractivity contribution in [3.8, 4) is 11.5 Å². The molecule has 0 saturated heterocycles.